The molecule has 1 atom stereocenters. The van der Waals surface area contributed by atoms with Crippen molar-refractivity contribution in [2.45, 2.75) is 18.9 Å². The molecule has 5 nitrogen and oxygen atoms in total. The van der Waals surface area contributed by atoms with Crippen molar-refractivity contribution in [2.75, 3.05) is 52.3 Å². The normalized spacial score (nSPS) is 14.5. The van der Waals surface area contributed by atoms with Crippen molar-refractivity contribution in [2.24, 2.45) is 0 Å². The van der Waals surface area contributed by atoms with Gasteiger partial charge in [-0.05, 0) is 67.4 Å². The molecular formula is C29H33Cl2N3O2. The summed E-state index contributed by atoms with van der Waals surface area (Å²) in [7, 11) is 5.49. The minimum Gasteiger partial charge on any atom is -0.496 e. The Morgan fingerprint density at radius 1 is 0.972 bits per heavy atom. The number of hydrogen-bond acceptors (Lipinski definition) is 4. The summed E-state index contributed by atoms with van der Waals surface area (Å²) in [6.07, 6.45) is 2.40. The molecule has 190 valence electrons. The van der Waals surface area contributed by atoms with E-state index in [-0.39, 0.29) is 18.5 Å². The van der Waals surface area contributed by atoms with Gasteiger partial charge in [0, 0.05) is 31.9 Å². The molecule has 4 rings (SSSR count). The smallest absolute Gasteiger partial charge is 0.242 e. The average Bonchev–Trinajstić information content (AvgIpc) is 3.41. The summed E-state index contributed by atoms with van der Waals surface area (Å²) in [6.45, 7) is 3.16. The van der Waals surface area contributed by atoms with Gasteiger partial charge in [-0.3, -0.25) is 4.79 Å². The lowest BCUT2D eigenvalue weighted by molar-refractivity contribution is -0.131. The second-order valence-corrected chi connectivity index (χ2v) is 10.1. The fourth-order valence-corrected chi connectivity index (χ4v) is 5.05. The molecule has 1 unspecified atom stereocenters. The SMILES string of the molecule is COc1ccccc1-c1cccc(C(CN2CCCC2)N(C)C(=O)CN(C)c2ccc(Cl)c(Cl)c2)c1. The Kier molecular flexibility index (Phi) is 8.78. The average molecular weight is 527 g/mol. The third-order valence-corrected chi connectivity index (χ3v) is 7.64. The topological polar surface area (TPSA) is 36.0 Å². The van der Waals surface area contributed by atoms with Crippen LogP contribution >= 0.6 is 23.2 Å². The molecule has 1 amide bonds. The number of halogens is 2. The summed E-state index contributed by atoms with van der Waals surface area (Å²) in [6, 6.07) is 21.8. The molecule has 3 aromatic carbocycles. The number of para-hydroxylation sites is 1. The molecule has 0 aromatic heterocycles. The van der Waals surface area contributed by atoms with Gasteiger partial charge in [0.2, 0.25) is 5.91 Å². The van der Waals surface area contributed by atoms with E-state index < -0.39 is 0 Å². The largest absolute Gasteiger partial charge is 0.496 e. The summed E-state index contributed by atoms with van der Waals surface area (Å²) in [5.41, 5.74) is 4.07. The van der Waals surface area contributed by atoms with Crippen LogP contribution in [0.4, 0.5) is 5.69 Å². The molecule has 3 aromatic rings. The minimum atomic E-state index is -0.0764. The molecule has 36 heavy (non-hydrogen) atoms. The maximum Gasteiger partial charge on any atom is 0.242 e. The Labute approximate surface area is 224 Å². The number of amides is 1. The summed E-state index contributed by atoms with van der Waals surface area (Å²) in [4.78, 5) is 19.7. The zero-order valence-electron chi connectivity index (χ0n) is 21.1. The van der Waals surface area contributed by atoms with Gasteiger partial charge in [-0.25, -0.2) is 0 Å². The summed E-state index contributed by atoms with van der Waals surface area (Å²) in [5.74, 6) is 0.869. The number of anilines is 1. The van der Waals surface area contributed by atoms with E-state index >= 15 is 0 Å². The first-order chi connectivity index (χ1) is 17.4. The van der Waals surface area contributed by atoms with E-state index in [0.29, 0.717) is 10.0 Å². The van der Waals surface area contributed by atoms with Crippen molar-refractivity contribution in [1.82, 2.24) is 9.80 Å². The highest BCUT2D eigenvalue weighted by molar-refractivity contribution is 6.42. The number of nitrogens with zero attached hydrogens (tertiary/aromatic N) is 3. The van der Waals surface area contributed by atoms with Gasteiger partial charge in [-0.1, -0.05) is 59.6 Å². The lowest BCUT2D eigenvalue weighted by Crippen LogP contribution is -2.42. The van der Waals surface area contributed by atoms with Crippen molar-refractivity contribution < 1.29 is 9.53 Å². The molecule has 0 spiro atoms. The van der Waals surface area contributed by atoms with Crippen LogP contribution in [0.1, 0.15) is 24.4 Å². The van der Waals surface area contributed by atoms with E-state index in [0.717, 1.165) is 47.8 Å². The van der Waals surface area contributed by atoms with Gasteiger partial charge in [-0.15, -0.1) is 0 Å². The maximum absolute atomic E-state index is 13.5. The standard InChI is InChI=1S/C29H33Cl2N3O2/c1-32(23-13-14-25(30)26(31)18-23)20-29(35)33(2)27(19-34-15-6-7-16-34)22-10-8-9-21(17-22)24-11-4-5-12-28(24)36-3/h4-5,8-14,17-18,27H,6-7,15-16,19-20H2,1-3H3. The Morgan fingerprint density at radius 3 is 2.44 bits per heavy atom. The number of benzene rings is 3. The molecule has 0 radical (unpaired) electrons. The second-order valence-electron chi connectivity index (χ2n) is 9.31. The number of rotatable bonds is 9. The van der Waals surface area contributed by atoms with Gasteiger partial charge >= 0.3 is 0 Å². The Balaban J connectivity index is 1.59. The number of hydrogen-bond donors (Lipinski definition) is 0. The van der Waals surface area contributed by atoms with E-state index in [1.54, 1.807) is 19.2 Å². The Morgan fingerprint density at radius 2 is 1.72 bits per heavy atom. The van der Waals surface area contributed by atoms with Crippen molar-refractivity contribution >= 4 is 34.8 Å². The van der Waals surface area contributed by atoms with Crippen molar-refractivity contribution in [3.8, 4) is 16.9 Å². The van der Waals surface area contributed by atoms with Gasteiger partial charge in [-0.2, -0.15) is 0 Å². The van der Waals surface area contributed by atoms with Crippen molar-refractivity contribution in [3.63, 3.8) is 0 Å². The number of carbonyl (C=O) groups is 1. The number of likely N-dealkylation sites (N-methyl/N-ethyl adjacent to an activating group) is 2. The monoisotopic (exact) mass is 525 g/mol. The third-order valence-electron chi connectivity index (χ3n) is 6.90. The van der Waals surface area contributed by atoms with Crippen LogP contribution in [0.3, 0.4) is 0 Å². The van der Waals surface area contributed by atoms with E-state index in [1.807, 2.05) is 48.2 Å². The number of ether oxygens (including phenoxy) is 1. The molecule has 1 fully saturated rings. The number of carbonyl (C=O) groups excluding carboxylic acids is 1. The first kappa shape index (κ1) is 26.3. The van der Waals surface area contributed by atoms with Crippen LogP contribution < -0.4 is 9.64 Å². The molecule has 0 N–H and O–H groups in total. The van der Waals surface area contributed by atoms with Crippen LogP contribution in [0.25, 0.3) is 11.1 Å². The van der Waals surface area contributed by atoms with Crippen LogP contribution in [0.15, 0.2) is 66.7 Å². The van der Waals surface area contributed by atoms with Crippen LogP contribution in [-0.2, 0) is 4.79 Å². The van der Waals surface area contributed by atoms with E-state index in [2.05, 4.69) is 35.2 Å². The van der Waals surface area contributed by atoms with E-state index in [4.69, 9.17) is 27.9 Å². The lowest BCUT2D eigenvalue weighted by Gasteiger charge is -2.33. The minimum absolute atomic E-state index is 0.0375. The first-order valence-electron chi connectivity index (χ1n) is 12.2. The van der Waals surface area contributed by atoms with Crippen LogP contribution in [-0.4, -0.2) is 63.1 Å². The molecule has 1 aliphatic heterocycles. The van der Waals surface area contributed by atoms with Gasteiger partial charge < -0.3 is 19.4 Å². The first-order valence-corrected chi connectivity index (χ1v) is 13.0. The van der Waals surface area contributed by atoms with Gasteiger partial charge in [0.15, 0.2) is 0 Å². The molecule has 1 aliphatic rings. The molecule has 1 heterocycles. The van der Waals surface area contributed by atoms with Crippen molar-refractivity contribution in [1.29, 1.82) is 0 Å². The summed E-state index contributed by atoms with van der Waals surface area (Å²) < 4.78 is 5.60. The second kappa shape index (κ2) is 12.0. The maximum atomic E-state index is 13.5. The van der Waals surface area contributed by atoms with Crippen LogP contribution in [0.2, 0.25) is 10.0 Å². The molecular weight excluding hydrogens is 493 g/mol. The van der Waals surface area contributed by atoms with Gasteiger partial charge in [0.25, 0.3) is 0 Å². The van der Waals surface area contributed by atoms with Crippen LogP contribution in [0, 0.1) is 0 Å². The highest BCUT2D eigenvalue weighted by atomic mass is 35.5. The summed E-state index contributed by atoms with van der Waals surface area (Å²) in [5, 5.41) is 0.972. The zero-order valence-corrected chi connectivity index (χ0v) is 22.6. The number of likely N-dealkylation sites (tertiary alicyclic amines) is 1. The van der Waals surface area contributed by atoms with Gasteiger partial charge in [0.05, 0.1) is 29.7 Å². The fraction of sp³-hybridized carbons (Fsp3) is 0.345. The van der Waals surface area contributed by atoms with Gasteiger partial charge in [0.1, 0.15) is 5.75 Å². The van der Waals surface area contributed by atoms with E-state index in [9.17, 15) is 4.79 Å². The third kappa shape index (κ3) is 6.15. The number of methoxy groups -OCH3 is 1. The molecule has 0 saturated carbocycles. The molecule has 0 aliphatic carbocycles. The Hall–Kier alpha value is -2.73. The molecule has 0 bridgehead atoms. The predicted octanol–water partition coefficient (Wildman–Crippen LogP) is 6.40. The van der Waals surface area contributed by atoms with Crippen molar-refractivity contribution in [3.05, 3.63) is 82.3 Å². The highest BCUT2D eigenvalue weighted by Crippen LogP contribution is 2.33. The molecule has 7 heteroatoms. The summed E-state index contributed by atoms with van der Waals surface area (Å²) >= 11 is 12.3. The fourth-order valence-electron chi connectivity index (χ4n) is 4.76. The molecule has 1 saturated heterocycles. The lowest BCUT2D eigenvalue weighted by atomic mass is 9.97. The van der Waals surface area contributed by atoms with Crippen LogP contribution in [0.5, 0.6) is 5.75 Å². The van der Waals surface area contributed by atoms with E-state index in [1.165, 1.54) is 12.8 Å². The quantitative estimate of drug-likeness (QED) is 0.323. The Bertz CT molecular complexity index is 1200. The predicted molar refractivity (Wildman–Crippen MR) is 149 cm³/mol. The highest BCUT2D eigenvalue weighted by Gasteiger charge is 2.27. The zero-order chi connectivity index (χ0) is 25.7.